The Morgan fingerprint density at radius 2 is 2.15 bits per heavy atom. The van der Waals surface area contributed by atoms with Gasteiger partial charge in [-0.1, -0.05) is 28.8 Å². The summed E-state index contributed by atoms with van der Waals surface area (Å²) in [6.07, 6.45) is 7.26. The standard InChI is InChI=1S/C16H22BrNO2/c17-15-4-3-13(9-12(15)11-18)20-14-5-8-19-16(10-14)6-1-2-7-16/h3-4,9,14H,1-2,5-8,10-11,18H2. The lowest BCUT2D eigenvalue weighted by atomic mass is 9.90. The number of ether oxygens (including phenoxy) is 2. The third kappa shape index (κ3) is 3.02. The van der Waals surface area contributed by atoms with E-state index in [9.17, 15) is 0 Å². The first-order chi connectivity index (χ1) is 9.71. The number of hydrogen-bond acceptors (Lipinski definition) is 3. The minimum absolute atomic E-state index is 0.106. The van der Waals surface area contributed by atoms with Crippen LogP contribution in [0.15, 0.2) is 22.7 Å². The summed E-state index contributed by atoms with van der Waals surface area (Å²) in [5.41, 5.74) is 6.94. The lowest BCUT2D eigenvalue weighted by Gasteiger charge is -2.38. The van der Waals surface area contributed by atoms with Crippen LogP contribution >= 0.6 is 15.9 Å². The molecule has 1 spiro atoms. The Morgan fingerprint density at radius 1 is 1.35 bits per heavy atom. The van der Waals surface area contributed by atoms with Gasteiger partial charge in [0.2, 0.25) is 0 Å². The summed E-state index contributed by atoms with van der Waals surface area (Å²) in [5, 5.41) is 0. The molecule has 1 unspecified atom stereocenters. The van der Waals surface area contributed by atoms with E-state index in [1.165, 1.54) is 25.7 Å². The number of nitrogens with two attached hydrogens (primary N) is 1. The van der Waals surface area contributed by atoms with Gasteiger partial charge in [-0.15, -0.1) is 0 Å². The van der Waals surface area contributed by atoms with Crippen molar-refractivity contribution in [1.29, 1.82) is 0 Å². The molecule has 4 heteroatoms. The molecule has 1 saturated heterocycles. The first kappa shape index (κ1) is 14.4. The van der Waals surface area contributed by atoms with Crippen LogP contribution < -0.4 is 10.5 Å². The third-order valence-corrected chi connectivity index (χ3v) is 5.28. The summed E-state index contributed by atoms with van der Waals surface area (Å²) in [4.78, 5) is 0. The maximum Gasteiger partial charge on any atom is 0.120 e. The first-order valence-corrected chi connectivity index (χ1v) is 8.29. The van der Waals surface area contributed by atoms with Crippen LogP contribution in [-0.4, -0.2) is 18.3 Å². The van der Waals surface area contributed by atoms with Gasteiger partial charge in [0, 0.05) is 23.9 Å². The van der Waals surface area contributed by atoms with Gasteiger partial charge in [-0.25, -0.2) is 0 Å². The molecule has 1 heterocycles. The molecule has 1 aliphatic carbocycles. The van der Waals surface area contributed by atoms with Crippen LogP contribution in [0.25, 0.3) is 0 Å². The molecule has 2 fully saturated rings. The van der Waals surface area contributed by atoms with Crippen LogP contribution in [0.3, 0.4) is 0 Å². The molecular formula is C16H22BrNO2. The zero-order valence-corrected chi connectivity index (χ0v) is 13.3. The van der Waals surface area contributed by atoms with Crippen LogP contribution in [0.1, 0.15) is 44.1 Å². The fourth-order valence-electron chi connectivity index (χ4n) is 3.42. The second-order valence-corrected chi connectivity index (χ2v) is 6.78. The van der Waals surface area contributed by atoms with Crippen molar-refractivity contribution in [2.24, 2.45) is 5.73 Å². The highest BCUT2D eigenvalue weighted by Gasteiger charge is 2.40. The number of hydrogen-bond donors (Lipinski definition) is 1. The first-order valence-electron chi connectivity index (χ1n) is 7.50. The summed E-state index contributed by atoms with van der Waals surface area (Å²) in [7, 11) is 0. The maximum absolute atomic E-state index is 6.18. The fourth-order valence-corrected chi connectivity index (χ4v) is 3.83. The molecule has 1 aliphatic heterocycles. The lowest BCUT2D eigenvalue weighted by molar-refractivity contribution is -0.108. The minimum atomic E-state index is 0.106. The maximum atomic E-state index is 6.18. The second-order valence-electron chi connectivity index (χ2n) is 5.93. The summed E-state index contributed by atoms with van der Waals surface area (Å²) < 4.78 is 13.3. The van der Waals surface area contributed by atoms with E-state index in [1.54, 1.807) is 0 Å². The van der Waals surface area contributed by atoms with Gasteiger partial charge in [0.15, 0.2) is 0 Å². The average Bonchev–Trinajstić information content (AvgIpc) is 2.89. The van der Waals surface area contributed by atoms with Gasteiger partial charge in [-0.3, -0.25) is 0 Å². The predicted octanol–water partition coefficient (Wildman–Crippen LogP) is 3.78. The van der Waals surface area contributed by atoms with Crippen LogP contribution in [0.5, 0.6) is 5.75 Å². The lowest BCUT2D eigenvalue weighted by Crippen LogP contribution is -2.41. The zero-order valence-electron chi connectivity index (χ0n) is 11.7. The van der Waals surface area contributed by atoms with Gasteiger partial charge < -0.3 is 15.2 Å². The summed E-state index contributed by atoms with van der Waals surface area (Å²) in [6.45, 7) is 1.35. The summed E-state index contributed by atoms with van der Waals surface area (Å²) in [5.74, 6) is 0.925. The molecule has 110 valence electrons. The van der Waals surface area contributed by atoms with Crippen molar-refractivity contribution in [3.05, 3.63) is 28.2 Å². The van der Waals surface area contributed by atoms with Crippen molar-refractivity contribution < 1.29 is 9.47 Å². The molecule has 1 aromatic rings. The number of benzene rings is 1. The predicted molar refractivity (Wildman–Crippen MR) is 82.8 cm³/mol. The molecule has 1 atom stereocenters. The topological polar surface area (TPSA) is 44.5 Å². The Hall–Kier alpha value is -0.580. The average molecular weight is 340 g/mol. The quantitative estimate of drug-likeness (QED) is 0.911. The van der Waals surface area contributed by atoms with E-state index in [-0.39, 0.29) is 11.7 Å². The fraction of sp³-hybridized carbons (Fsp3) is 0.625. The van der Waals surface area contributed by atoms with Gasteiger partial charge in [-0.05, 0) is 36.6 Å². The molecule has 2 N–H and O–H groups in total. The Balaban J connectivity index is 1.68. The number of rotatable bonds is 3. The van der Waals surface area contributed by atoms with Crippen LogP contribution in [0.2, 0.25) is 0 Å². The normalized spacial score (nSPS) is 25.0. The summed E-state index contributed by atoms with van der Waals surface area (Å²) >= 11 is 3.51. The van der Waals surface area contributed by atoms with Crippen molar-refractivity contribution in [2.75, 3.05) is 6.61 Å². The van der Waals surface area contributed by atoms with Crippen molar-refractivity contribution >= 4 is 15.9 Å². The third-order valence-electron chi connectivity index (χ3n) is 4.50. The van der Waals surface area contributed by atoms with E-state index < -0.39 is 0 Å². The molecule has 0 bridgehead atoms. The van der Waals surface area contributed by atoms with Crippen LogP contribution in [-0.2, 0) is 11.3 Å². The van der Waals surface area contributed by atoms with E-state index in [2.05, 4.69) is 15.9 Å². The van der Waals surface area contributed by atoms with Crippen molar-refractivity contribution in [2.45, 2.75) is 56.8 Å². The highest BCUT2D eigenvalue weighted by atomic mass is 79.9. The van der Waals surface area contributed by atoms with Gasteiger partial charge in [0.05, 0.1) is 12.2 Å². The van der Waals surface area contributed by atoms with E-state index in [0.717, 1.165) is 35.2 Å². The molecule has 0 aromatic heterocycles. The van der Waals surface area contributed by atoms with E-state index >= 15 is 0 Å². The van der Waals surface area contributed by atoms with Crippen LogP contribution in [0.4, 0.5) is 0 Å². The molecular weight excluding hydrogens is 318 g/mol. The summed E-state index contributed by atoms with van der Waals surface area (Å²) in [6, 6.07) is 6.07. The van der Waals surface area contributed by atoms with Gasteiger partial charge >= 0.3 is 0 Å². The smallest absolute Gasteiger partial charge is 0.120 e. The largest absolute Gasteiger partial charge is 0.490 e. The van der Waals surface area contributed by atoms with Gasteiger partial charge in [0.25, 0.3) is 0 Å². The molecule has 20 heavy (non-hydrogen) atoms. The monoisotopic (exact) mass is 339 g/mol. The molecule has 2 aliphatic rings. The van der Waals surface area contributed by atoms with Crippen molar-refractivity contribution in [1.82, 2.24) is 0 Å². The molecule has 3 nitrogen and oxygen atoms in total. The van der Waals surface area contributed by atoms with Gasteiger partial charge in [0.1, 0.15) is 11.9 Å². The van der Waals surface area contributed by atoms with E-state index in [1.807, 2.05) is 18.2 Å². The molecule has 3 rings (SSSR count). The van der Waals surface area contributed by atoms with Crippen molar-refractivity contribution in [3.8, 4) is 5.75 Å². The highest BCUT2D eigenvalue weighted by Crippen LogP contribution is 2.41. The second kappa shape index (κ2) is 6.04. The van der Waals surface area contributed by atoms with Crippen molar-refractivity contribution in [3.63, 3.8) is 0 Å². The molecule has 0 radical (unpaired) electrons. The van der Waals surface area contributed by atoms with E-state index in [0.29, 0.717) is 6.54 Å². The van der Waals surface area contributed by atoms with E-state index in [4.69, 9.17) is 15.2 Å². The van der Waals surface area contributed by atoms with Gasteiger partial charge in [-0.2, -0.15) is 0 Å². The molecule has 1 aromatic carbocycles. The SMILES string of the molecule is NCc1cc(OC2CCOC3(CCCC3)C2)ccc1Br. The molecule has 1 saturated carbocycles. The van der Waals surface area contributed by atoms with Crippen LogP contribution in [0, 0.1) is 0 Å². The minimum Gasteiger partial charge on any atom is -0.490 e. The molecule has 0 amide bonds. The Labute approximate surface area is 129 Å². The Morgan fingerprint density at radius 3 is 2.90 bits per heavy atom. The Bertz CT molecular complexity index is 472. The Kier molecular flexibility index (Phi) is 4.34. The highest BCUT2D eigenvalue weighted by molar-refractivity contribution is 9.10. The number of halogens is 1. The zero-order chi connectivity index (χ0) is 14.0.